The van der Waals surface area contributed by atoms with Crippen LogP contribution >= 0.6 is 0 Å². The highest BCUT2D eigenvalue weighted by Gasteiger charge is 2.37. The van der Waals surface area contributed by atoms with Crippen molar-refractivity contribution in [2.75, 3.05) is 7.11 Å². The second-order valence-electron chi connectivity index (χ2n) is 11.5. The second kappa shape index (κ2) is 10.3. The van der Waals surface area contributed by atoms with Crippen molar-refractivity contribution in [3.8, 4) is 5.75 Å². The molecule has 0 aliphatic rings. The molecule has 0 fully saturated rings. The van der Waals surface area contributed by atoms with Gasteiger partial charge in [0.05, 0.1) is 24.8 Å². The van der Waals surface area contributed by atoms with Crippen molar-refractivity contribution >= 4 is 25.0 Å². The number of carbonyl (C=O) groups excluding carboxylic acids is 1. The Labute approximate surface area is 222 Å². The third-order valence-electron chi connectivity index (χ3n) is 7.81. The molecule has 0 aliphatic heterocycles. The third kappa shape index (κ3) is 5.58. The first-order chi connectivity index (χ1) is 17.4. The molecule has 1 aromatic heterocycles. The molecule has 0 saturated carbocycles. The Morgan fingerprint density at radius 1 is 0.919 bits per heavy atom. The predicted octanol–water partition coefficient (Wildman–Crippen LogP) is 8.07. The minimum absolute atomic E-state index is 0.0444. The van der Waals surface area contributed by atoms with Crippen LogP contribution in [0.1, 0.15) is 59.1 Å². The number of ketones is 1. The zero-order valence-corrected chi connectivity index (χ0v) is 24.4. The molecule has 4 nitrogen and oxygen atoms in total. The van der Waals surface area contributed by atoms with Crippen molar-refractivity contribution in [1.29, 1.82) is 0 Å². The van der Waals surface area contributed by atoms with Gasteiger partial charge >= 0.3 is 0 Å². The van der Waals surface area contributed by atoms with Gasteiger partial charge in [0.25, 0.3) is 0 Å². The average Bonchev–Trinajstić information content (AvgIpc) is 3.12. The summed E-state index contributed by atoms with van der Waals surface area (Å²) < 4.78 is 14.2. The number of hydrogen-bond donors (Lipinski definition) is 0. The highest BCUT2D eigenvalue weighted by atomic mass is 28.4. The third-order valence-corrected chi connectivity index (χ3v) is 12.3. The number of ether oxygens (including phenoxy) is 1. The lowest BCUT2D eigenvalue weighted by molar-refractivity contribution is 0.103. The molecule has 4 rings (SSSR count). The summed E-state index contributed by atoms with van der Waals surface area (Å²) in [4.78, 5) is 13.7. The quantitative estimate of drug-likeness (QED) is 0.177. The lowest BCUT2D eigenvalue weighted by atomic mass is 9.99. The molecule has 1 heterocycles. The van der Waals surface area contributed by atoms with Crippen LogP contribution in [0, 0.1) is 13.8 Å². The molecule has 37 heavy (non-hydrogen) atoms. The summed E-state index contributed by atoms with van der Waals surface area (Å²) in [6, 6.07) is 22.4. The maximum Gasteiger partial charge on any atom is 0.195 e. The standard InChI is InChI=1S/C32H39NO3Si/c1-22-12-14-26(15-13-22)31(34)30-23(2)33(29-19-27(35-6)16-17-28(29)30)20-24-10-9-11-25(18-24)21-36-37(7,8)32(3,4)5/h9-19H,20-21H2,1-8H3. The number of aromatic nitrogens is 1. The van der Waals surface area contributed by atoms with Gasteiger partial charge in [0.1, 0.15) is 5.75 Å². The number of aryl methyl sites for hydroxylation is 1. The Morgan fingerprint density at radius 3 is 2.24 bits per heavy atom. The molecule has 0 atom stereocenters. The van der Waals surface area contributed by atoms with Crippen LogP contribution in [-0.2, 0) is 17.6 Å². The van der Waals surface area contributed by atoms with E-state index in [1.165, 1.54) is 11.1 Å². The lowest BCUT2D eigenvalue weighted by Crippen LogP contribution is -2.40. The summed E-state index contributed by atoms with van der Waals surface area (Å²) in [6.07, 6.45) is 0. The van der Waals surface area contributed by atoms with Crippen LogP contribution in [-0.4, -0.2) is 25.8 Å². The zero-order chi connectivity index (χ0) is 27.0. The number of carbonyl (C=O) groups is 1. The van der Waals surface area contributed by atoms with Gasteiger partial charge in [-0.25, -0.2) is 0 Å². The van der Waals surface area contributed by atoms with Gasteiger partial charge in [0.2, 0.25) is 0 Å². The molecule has 0 bridgehead atoms. The van der Waals surface area contributed by atoms with Gasteiger partial charge in [0.15, 0.2) is 14.1 Å². The summed E-state index contributed by atoms with van der Waals surface area (Å²) in [5, 5.41) is 1.12. The first-order valence-electron chi connectivity index (χ1n) is 12.9. The van der Waals surface area contributed by atoms with Crippen LogP contribution in [0.3, 0.4) is 0 Å². The van der Waals surface area contributed by atoms with E-state index < -0.39 is 8.32 Å². The molecule has 3 aromatic carbocycles. The van der Waals surface area contributed by atoms with Gasteiger partial charge in [-0.3, -0.25) is 4.79 Å². The molecular weight excluding hydrogens is 474 g/mol. The predicted molar refractivity (Wildman–Crippen MR) is 155 cm³/mol. The fraction of sp³-hybridized carbons (Fsp3) is 0.344. The largest absolute Gasteiger partial charge is 0.497 e. The Balaban J connectivity index is 1.71. The fourth-order valence-corrected chi connectivity index (χ4v) is 5.36. The monoisotopic (exact) mass is 513 g/mol. The van der Waals surface area contributed by atoms with Crippen molar-refractivity contribution in [3.05, 3.63) is 100 Å². The summed E-state index contributed by atoms with van der Waals surface area (Å²) in [5.74, 6) is 0.819. The van der Waals surface area contributed by atoms with E-state index in [0.29, 0.717) is 18.7 Å². The maximum atomic E-state index is 13.7. The number of hydrogen-bond acceptors (Lipinski definition) is 3. The summed E-state index contributed by atoms with van der Waals surface area (Å²) in [6.45, 7) is 16.7. The normalized spacial score (nSPS) is 12.2. The van der Waals surface area contributed by atoms with Gasteiger partial charge in [-0.15, -0.1) is 0 Å². The van der Waals surface area contributed by atoms with Crippen LogP contribution in [0.5, 0.6) is 5.75 Å². The van der Waals surface area contributed by atoms with E-state index in [4.69, 9.17) is 9.16 Å². The minimum atomic E-state index is -1.84. The molecule has 194 valence electrons. The van der Waals surface area contributed by atoms with Crippen molar-refractivity contribution < 1.29 is 14.0 Å². The van der Waals surface area contributed by atoms with Crippen molar-refractivity contribution in [1.82, 2.24) is 4.57 Å². The Morgan fingerprint density at radius 2 is 1.59 bits per heavy atom. The van der Waals surface area contributed by atoms with Crippen LogP contribution in [0.25, 0.3) is 10.9 Å². The first-order valence-corrected chi connectivity index (χ1v) is 15.8. The number of fused-ring (bicyclic) bond motifs is 1. The second-order valence-corrected chi connectivity index (χ2v) is 16.3. The minimum Gasteiger partial charge on any atom is -0.497 e. The Hall–Kier alpha value is -3.15. The summed E-state index contributed by atoms with van der Waals surface area (Å²) >= 11 is 0. The molecule has 0 spiro atoms. The van der Waals surface area contributed by atoms with Crippen LogP contribution in [0.2, 0.25) is 18.1 Å². The van der Waals surface area contributed by atoms with Gasteiger partial charge in [-0.2, -0.15) is 0 Å². The first kappa shape index (κ1) is 26.9. The van der Waals surface area contributed by atoms with Gasteiger partial charge in [0, 0.05) is 29.3 Å². The molecule has 0 N–H and O–H groups in total. The van der Waals surface area contributed by atoms with Crippen LogP contribution < -0.4 is 4.74 Å². The van der Waals surface area contributed by atoms with E-state index in [9.17, 15) is 4.79 Å². The van der Waals surface area contributed by atoms with Crippen molar-refractivity contribution in [2.24, 2.45) is 0 Å². The molecule has 0 unspecified atom stereocenters. The molecule has 5 heteroatoms. The van der Waals surface area contributed by atoms with E-state index in [0.717, 1.165) is 33.5 Å². The molecule has 4 aromatic rings. The van der Waals surface area contributed by atoms with Crippen molar-refractivity contribution in [2.45, 2.75) is 65.9 Å². The fourth-order valence-electron chi connectivity index (χ4n) is 4.40. The number of methoxy groups -OCH3 is 1. The topological polar surface area (TPSA) is 40.5 Å². The van der Waals surface area contributed by atoms with Gasteiger partial charge in [-0.05, 0) is 55.2 Å². The smallest absolute Gasteiger partial charge is 0.195 e. The number of rotatable bonds is 8. The molecular formula is C32H39NO3Si. The van der Waals surface area contributed by atoms with E-state index in [1.54, 1.807) is 7.11 Å². The summed E-state index contributed by atoms with van der Waals surface area (Å²) in [5.41, 5.74) is 6.88. The maximum absolute atomic E-state index is 13.7. The molecule has 0 aliphatic carbocycles. The average molecular weight is 514 g/mol. The number of benzene rings is 3. The van der Waals surface area contributed by atoms with Crippen molar-refractivity contribution in [3.63, 3.8) is 0 Å². The Kier molecular flexibility index (Phi) is 7.49. The van der Waals surface area contributed by atoms with Gasteiger partial charge < -0.3 is 13.7 Å². The molecule has 0 saturated heterocycles. The summed E-state index contributed by atoms with van der Waals surface area (Å²) in [7, 11) is -0.165. The molecule has 0 radical (unpaired) electrons. The Bertz CT molecular complexity index is 1430. The molecule has 0 amide bonds. The van der Waals surface area contributed by atoms with E-state index >= 15 is 0 Å². The van der Waals surface area contributed by atoms with Gasteiger partial charge in [-0.1, -0.05) is 74.9 Å². The number of nitrogens with zero attached hydrogens (tertiary/aromatic N) is 1. The SMILES string of the molecule is COc1ccc2c(C(=O)c3ccc(C)cc3)c(C)n(Cc3cccc(CO[Si](C)(C)C(C)(C)C)c3)c2c1. The van der Waals surface area contributed by atoms with Crippen LogP contribution in [0.4, 0.5) is 0 Å². The van der Waals surface area contributed by atoms with E-state index in [-0.39, 0.29) is 10.8 Å². The highest BCUT2D eigenvalue weighted by Crippen LogP contribution is 2.37. The van der Waals surface area contributed by atoms with Crippen LogP contribution in [0.15, 0.2) is 66.7 Å². The zero-order valence-electron chi connectivity index (χ0n) is 23.4. The van der Waals surface area contributed by atoms with E-state index in [1.807, 2.05) is 56.3 Å². The van der Waals surface area contributed by atoms with E-state index in [2.05, 4.69) is 62.7 Å². The highest BCUT2D eigenvalue weighted by molar-refractivity contribution is 6.74. The lowest BCUT2D eigenvalue weighted by Gasteiger charge is -2.36.